The normalized spacial score (nSPS) is 27.2. The van der Waals surface area contributed by atoms with Gasteiger partial charge in [0.25, 0.3) is 0 Å². The summed E-state index contributed by atoms with van der Waals surface area (Å²) in [5.74, 6) is -2.76. The first kappa shape index (κ1) is 22.9. The number of esters is 4. The average molecular weight is 406 g/mol. The Balaban J connectivity index is 3.29. The molecule has 1 aliphatic rings. The van der Waals surface area contributed by atoms with E-state index in [0.717, 1.165) is 20.8 Å². The average Bonchev–Trinajstić information content (AvgIpc) is 2.49. The molecule has 0 radical (unpaired) electrons. The summed E-state index contributed by atoms with van der Waals surface area (Å²) >= 11 is 0.705. The van der Waals surface area contributed by atoms with E-state index < -0.39 is 53.7 Å². The van der Waals surface area contributed by atoms with Gasteiger partial charge in [0.15, 0.2) is 28.9 Å². The van der Waals surface area contributed by atoms with Gasteiger partial charge in [-0.1, -0.05) is 11.8 Å². The van der Waals surface area contributed by atoms with Gasteiger partial charge >= 0.3 is 23.9 Å². The molecular weight excluding hydrogens is 384 g/mol. The topological polar surface area (TPSA) is 132 Å². The summed E-state index contributed by atoms with van der Waals surface area (Å²) in [7, 11) is 0. The highest BCUT2D eigenvalue weighted by Crippen LogP contribution is 2.34. The number of ether oxygens (including phenoxy) is 5. The lowest BCUT2D eigenvalue weighted by Crippen LogP contribution is -2.61. The van der Waals surface area contributed by atoms with Crippen molar-refractivity contribution < 1.29 is 47.7 Å². The van der Waals surface area contributed by atoms with E-state index in [9.17, 15) is 24.0 Å². The molecule has 0 aromatic heterocycles. The molecule has 1 rings (SSSR count). The molecule has 0 amide bonds. The van der Waals surface area contributed by atoms with Crippen LogP contribution in [0.25, 0.3) is 0 Å². The number of hydrogen-bond acceptors (Lipinski definition) is 11. The number of hydrogen-bond donors (Lipinski definition) is 0. The monoisotopic (exact) mass is 406 g/mol. The standard InChI is InChI=1S/C16H22O10S/c1-7(17)22-6-12-13(23-8(2)18)14(24-9(3)19)15(25-10(4)20)16(26-12)27-11(5)21/h12-16H,6H2,1-5H3/t12-,13+,14+,15-,16+/m1/s1. The molecule has 5 atom stereocenters. The molecule has 0 aliphatic carbocycles. The molecule has 11 heteroatoms. The fraction of sp³-hybridized carbons (Fsp3) is 0.688. The molecule has 0 aromatic carbocycles. The Morgan fingerprint density at radius 2 is 1.22 bits per heavy atom. The van der Waals surface area contributed by atoms with Crippen LogP contribution in [0.3, 0.4) is 0 Å². The number of rotatable bonds is 6. The smallest absolute Gasteiger partial charge is 0.303 e. The van der Waals surface area contributed by atoms with Crippen LogP contribution >= 0.6 is 11.8 Å². The summed E-state index contributed by atoms with van der Waals surface area (Å²) in [4.78, 5) is 57.3. The number of carbonyl (C=O) groups is 5. The van der Waals surface area contributed by atoms with E-state index in [0.29, 0.717) is 11.8 Å². The van der Waals surface area contributed by atoms with Gasteiger partial charge in [-0.2, -0.15) is 0 Å². The number of carbonyl (C=O) groups excluding carboxylic acids is 5. The second kappa shape index (κ2) is 10.3. The van der Waals surface area contributed by atoms with Crippen molar-refractivity contribution in [1.29, 1.82) is 0 Å². The van der Waals surface area contributed by atoms with E-state index in [-0.39, 0.29) is 11.7 Å². The summed E-state index contributed by atoms with van der Waals surface area (Å²) in [6.07, 6.45) is -4.76. The molecular formula is C16H22O10S. The lowest BCUT2D eigenvalue weighted by Gasteiger charge is -2.43. The van der Waals surface area contributed by atoms with Crippen molar-refractivity contribution in [2.45, 2.75) is 64.5 Å². The molecule has 1 saturated heterocycles. The largest absolute Gasteiger partial charge is 0.463 e. The van der Waals surface area contributed by atoms with Crippen molar-refractivity contribution in [3.05, 3.63) is 0 Å². The molecule has 1 heterocycles. The molecule has 0 bridgehead atoms. The van der Waals surface area contributed by atoms with Crippen molar-refractivity contribution in [1.82, 2.24) is 0 Å². The van der Waals surface area contributed by atoms with Gasteiger partial charge < -0.3 is 23.7 Å². The van der Waals surface area contributed by atoms with Crippen LogP contribution in [0.2, 0.25) is 0 Å². The second-order valence-electron chi connectivity index (χ2n) is 5.68. The zero-order chi connectivity index (χ0) is 20.7. The van der Waals surface area contributed by atoms with Crippen LogP contribution in [-0.2, 0) is 47.7 Å². The van der Waals surface area contributed by atoms with Gasteiger partial charge in [0.1, 0.15) is 12.7 Å². The highest BCUT2D eigenvalue weighted by molar-refractivity contribution is 8.14. The Morgan fingerprint density at radius 1 is 0.741 bits per heavy atom. The SMILES string of the molecule is CC(=O)OC[C@H]1O[C@@H](SC(C)=O)[C@H](OC(C)=O)[C@@H](OC(C)=O)[C@H]1OC(C)=O. The molecule has 0 aromatic rings. The Kier molecular flexibility index (Phi) is 8.70. The van der Waals surface area contributed by atoms with Crippen LogP contribution in [0, 0.1) is 0 Å². The quantitative estimate of drug-likeness (QED) is 0.447. The molecule has 1 aliphatic heterocycles. The first-order valence-electron chi connectivity index (χ1n) is 7.99. The minimum Gasteiger partial charge on any atom is -0.463 e. The van der Waals surface area contributed by atoms with Crippen LogP contribution in [0.4, 0.5) is 0 Å². The van der Waals surface area contributed by atoms with Crippen molar-refractivity contribution >= 4 is 40.8 Å². The third-order valence-electron chi connectivity index (χ3n) is 3.23. The molecule has 0 saturated carbocycles. The maximum atomic E-state index is 11.6. The Morgan fingerprint density at radius 3 is 1.67 bits per heavy atom. The lowest BCUT2D eigenvalue weighted by molar-refractivity contribution is -0.237. The van der Waals surface area contributed by atoms with E-state index in [1.807, 2.05) is 0 Å². The summed E-state index contributed by atoms with van der Waals surface area (Å²) in [6.45, 7) is 5.51. The summed E-state index contributed by atoms with van der Waals surface area (Å²) in [6, 6.07) is 0. The van der Waals surface area contributed by atoms with Gasteiger partial charge in [0.05, 0.1) is 0 Å². The van der Waals surface area contributed by atoms with Crippen molar-refractivity contribution in [3.8, 4) is 0 Å². The predicted molar refractivity (Wildman–Crippen MR) is 90.2 cm³/mol. The zero-order valence-electron chi connectivity index (χ0n) is 15.6. The molecule has 0 unspecified atom stereocenters. The predicted octanol–water partition coefficient (Wildman–Crippen LogP) is 0.349. The molecule has 1 fully saturated rings. The maximum Gasteiger partial charge on any atom is 0.303 e. The molecule has 0 spiro atoms. The first-order chi connectivity index (χ1) is 12.5. The van der Waals surface area contributed by atoms with Gasteiger partial charge in [-0.3, -0.25) is 24.0 Å². The van der Waals surface area contributed by atoms with E-state index in [1.54, 1.807) is 0 Å². The maximum absolute atomic E-state index is 11.6. The zero-order valence-corrected chi connectivity index (χ0v) is 16.4. The van der Waals surface area contributed by atoms with Crippen LogP contribution in [-0.4, -0.2) is 65.5 Å². The van der Waals surface area contributed by atoms with Gasteiger partial charge in [-0.25, -0.2) is 0 Å². The van der Waals surface area contributed by atoms with Crippen molar-refractivity contribution in [2.24, 2.45) is 0 Å². The lowest BCUT2D eigenvalue weighted by atomic mass is 9.99. The van der Waals surface area contributed by atoms with Gasteiger partial charge in [0, 0.05) is 34.6 Å². The van der Waals surface area contributed by atoms with Gasteiger partial charge in [0.2, 0.25) is 0 Å². The summed E-state index contributed by atoms with van der Waals surface area (Å²) in [5, 5.41) is -0.351. The second-order valence-corrected chi connectivity index (χ2v) is 6.95. The third-order valence-corrected chi connectivity index (χ3v) is 4.17. The van der Waals surface area contributed by atoms with Crippen LogP contribution < -0.4 is 0 Å². The Bertz CT molecular complexity index is 604. The third kappa shape index (κ3) is 7.55. The highest BCUT2D eigenvalue weighted by atomic mass is 32.2. The minimum atomic E-state index is -1.26. The van der Waals surface area contributed by atoms with E-state index >= 15 is 0 Å². The first-order valence-corrected chi connectivity index (χ1v) is 8.87. The molecule has 152 valence electrons. The van der Waals surface area contributed by atoms with E-state index in [1.165, 1.54) is 13.8 Å². The van der Waals surface area contributed by atoms with E-state index in [4.69, 9.17) is 23.7 Å². The van der Waals surface area contributed by atoms with Crippen molar-refractivity contribution in [3.63, 3.8) is 0 Å². The van der Waals surface area contributed by atoms with Crippen LogP contribution in [0.15, 0.2) is 0 Å². The molecule has 27 heavy (non-hydrogen) atoms. The van der Waals surface area contributed by atoms with Gasteiger partial charge in [-0.05, 0) is 0 Å². The van der Waals surface area contributed by atoms with Crippen molar-refractivity contribution in [2.75, 3.05) is 6.61 Å². The van der Waals surface area contributed by atoms with Crippen LogP contribution in [0.1, 0.15) is 34.6 Å². The van der Waals surface area contributed by atoms with E-state index in [2.05, 4.69) is 0 Å². The molecule has 10 nitrogen and oxygen atoms in total. The fourth-order valence-electron chi connectivity index (χ4n) is 2.45. The van der Waals surface area contributed by atoms with Crippen LogP contribution in [0.5, 0.6) is 0 Å². The molecule has 0 N–H and O–H groups in total. The highest BCUT2D eigenvalue weighted by Gasteiger charge is 2.52. The summed E-state index contributed by atoms with van der Waals surface area (Å²) in [5.41, 5.74) is -1.07. The fourth-order valence-corrected chi connectivity index (χ4v) is 3.32. The minimum absolute atomic E-state index is 0.327. The Labute approximate surface area is 160 Å². The van der Waals surface area contributed by atoms with Gasteiger partial charge in [-0.15, -0.1) is 0 Å². The number of thioether (sulfide) groups is 1. The Hall–Kier alpha value is -2.14. The summed E-state index contributed by atoms with van der Waals surface area (Å²) < 4.78 is 26.2.